The lowest BCUT2D eigenvalue weighted by Crippen LogP contribution is -2.10. The Hall–Kier alpha value is -6.91. The number of hydrogen-bond acceptors (Lipinski definition) is 3. The third-order valence-electron chi connectivity index (χ3n) is 9.82. The standard InChI is InChI=1S/C47H31N3O/c1-3-11-32(12-4-1)33-19-23-36(24-20-33)49(37-26-28-38(29-27-37)50-43-17-9-7-15-40(43)41-16-8-10-18-44(41)50)39-25-21-34-22-30-45-46(42(34)31-39)48-47(51-45)35-13-5-2-6-14-35/h1-31H. The van der Waals surface area contributed by atoms with E-state index in [-0.39, 0.29) is 0 Å². The zero-order valence-corrected chi connectivity index (χ0v) is 27.6. The van der Waals surface area contributed by atoms with Crippen LogP contribution in [-0.2, 0) is 0 Å². The fraction of sp³-hybridized carbons (Fsp3) is 0. The Morgan fingerprint density at radius 3 is 1.63 bits per heavy atom. The fourth-order valence-electron chi connectivity index (χ4n) is 7.37. The van der Waals surface area contributed by atoms with E-state index in [9.17, 15) is 0 Å². The van der Waals surface area contributed by atoms with Crippen molar-refractivity contribution in [3.8, 4) is 28.3 Å². The fourth-order valence-corrected chi connectivity index (χ4v) is 7.37. The van der Waals surface area contributed by atoms with Gasteiger partial charge in [-0.25, -0.2) is 4.98 Å². The summed E-state index contributed by atoms with van der Waals surface area (Å²) >= 11 is 0. The predicted molar refractivity (Wildman–Crippen MR) is 211 cm³/mol. The van der Waals surface area contributed by atoms with Gasteiger partial charge in [0.2, 0.25) is 5.89 Å². The number of para-hydroxylation sites is 2. The Labute approximate surface area is 295 Å². The first-order valence-electron chi connectivity index (χ1n) is 17.2. The van der Waals surface area contributed by atoms with Gasteiger partial charge in [-0.15, -0.1) is 0 Å². The Bertz CT molecular complexity index is 2780. The molecule has 4 nitrogen and oxygen atoms in total. The first-order valence-corrected chi connectivity index (χ1v) is 17.2. The molecule has 0 saturated heterocycles. The van der Waals surface area contributed by atoms with Gasteiger partial charge in [-0.1, -0.05) is 109 Å². The summed E-state index contributed by atoms with van der Waals surface area (Å²) in [5.74, 6) is 0.623. The van der Waals surface area contributed by atoms with Crippen LogP contribution in [0, 0.1) is 0 Å². The lowest BCUT2D eigenvalue weighted by Gasteiger charge is -2.26. The van der Waals surface area contributed by atoms with Crippen LogP contribution in [-0.4, -0.2) is 9.55 Å². The number of nitrogens with zero attached hydrogens (tertiary/aromatic N) is 3. The lowest BCUT2D eigenvalue weighted by molar-refractivity contribution is 0.620. The minimum atomic E-state index is 0.623. The molecule has 8 aromatic carbocycles. The molecule has 0 saturated carbocycles. The molecular weight excluding hydrogens is 623 g/mol. The molecule has 0 aliphatic rings. The van der Waals surface area contributed by atoms with Gasteiger partial charge in [-0.05, 0) is 95.4 Å². The highest BCUT2D eigenvalue weighted by molar-refractivity contribution is 6.09. The van der Waals surface area contributed by atoms with Gasteiger partial charge in [0.25, 0.3) is 0 Å². The van der Waals surface area contributed by atoms with Crippen LogP contribution in [0.15, 0.2) is 192 Å². The molecule has 4 heteroatoms. The molecule has 0 fully saturated rings. The van der Waals surface area contributed by atoms with Crippen molar-refractivity contribution in [2.45, 2.75) is 0 Å². The first kappa shape index (κ1) is 29.0. The van der Waals surface area contributed by atoms with E-state index >= 15 is 0 Å². The summed E-state index contributed by atoms with van der Waals surface area (Å²) in [7, 11) is 0. The van der Waals surface area contributed by atoms with Crippen LogP contribution in [0.25, 0.3) is 71.9 Å². The Balaban J connectivity index is 1.12. The number of rotatable bonds is 6. The SMILES string of the molecule is c1ccc(-c2ccc(N(c3ccc(-n4c5ccccc5c5ccccc54)cc3)c3ccc4ccc5oc(-c6ccccc6)nc5c4c3)cc2)cc1. The summed E-state index contributed by atoms with van der Waals surface area (Å²) in [4.78, 5) is 7.32. The molecule has 0 atom stereocenters. The maximum absolute atomic E-state index is 6.27. The zero-order valence-electron chi connectivity index (χ0n) is 27.6. The molecule has 0 amide bonds. The van der Waals surface area contributed by atoms with E-state index in [2.05, 4.69) is 161 Å². The quantitative estimate of drug-likeness (QED) is 0.179. The Morgan fingerprint density at radius 2 is 0.961 bits per heavy atom. The monoisotopic (exact) mass is 653 g/mol. The van der Waals surface area contributed by atoms with Crippen molar-refractivity contribution < 1.29 is 4.42 Å². The summed E-state index contributed by atoms with van der Waals surface area (Å²) in [5, 5.41) is 4.66. The van der Waals surface area contributed by atoms with E-state index in [0.29, 0.717) is 5.89 Å². The minimum absolute atomic E-state index is 0.623. The van der Waals surface area contributed by atoms with Crippen molar-refractivity contribution >= 4 is 60.7 Å². The van der Waals surface area contributed by atoms with Crippen LogP contribution in [0.5, 0.6) is 0 Å². The highest BCUT2D eigenvalue weighted by Crippen LogP contribution is 2.40. The summed E-state index contributed by atoms with van der Waals surface area (Å²) in [6, 6.07) is 66.3. The molecule has 240 valence electrons. The van der Waals surface area contributed by atoms with Gasteiger partial charge in [-0.2, -0.15) is 0 Å². The molecule has 2 heterocycles. The van der Waals surface area contributed by atoms with Gasteiger partial charge in [0.15, 0.2) is 5.58 Å². The molecule has 2 aromatic heterocycles. The van der Waals surface area contributed by atoms with Crippen molar-refractivity contribution in [3.63, 3.8) is 0 Å². The van der Waals surface area contributed by atoms with Gasteiger partial charge in [0.1, 0.15) is 5.52 Å². The van der Waals surface area contributed by atoms with Crippen molar-refractivity contribution in [2.75, 3.05) is 4.90 Å². The van der Waals surface area contributed by atoms with Crippen molar-refractivity contribution in [1.82, 2.24) is 9.55 Å². The molecule has 0 unspecified atom stereocenters. The highest BCUT2D eigenvalue weighted by Gasteiger charge is 2.18. The average molecular weight is 654 g/mol. The number of benzene rings is 8. The molecule has 0 aliphatic heterocycles. The van der Waals surface area contributed by atoms with Gasteiger partial charge in [0, 0.05) is 44.5 Å². The van der Waals surface area contributed by atoms with Crippen LogP contribution in [0.2, 0.25) is 0 Å². The summed E-state index contributed by atoms with van der Waals surface area (Å²) < 4.78 is 8.63. The highest BCUT2D eigenvalue weighted by atomic mass is 16.3. The molecule has 0 bridgehead atoms. The van der Waals surface area contributed by atoms with Crippen LogP contribution in [0.3, 0.4) is 0 Å². The van der Waals surface area contributed by atoms with E-state index in [0.717, 1.165) is 50.2 Å². The number of fused-ring (bicyclic) bond motifs is 6. The average Bonchev–Trinajstić information content (AvgIpc) is 3.80. The summed E-state index contributed by atoms with van der Waals surface area (Å²) in [6.07, 6.45) is 0. The minimum Gasteiger partial charge on any atom is -0.436 e. The van der Waals surface area contributed by atoms with E-state index in [1.165, 1.54) is 32.9 Å². The van der Waals surface area contributed by atoms with Gasteiger partial charge < -0.3 is 13.9 Å². The first-order chi connectivity index (χ1) is 25.3. The lowest BCUT2D eigenvalue weighted by atomic mass is 10.0. The molecule has 0 spiro atoms. The normalized spacial score (nSPS) is 11.5. The molecule has 0 aliphatic carbocycles. The maximum atomic E-state index is 6.27. The number of oxazole rings is 1. The topological polar surface area (TPSA) is 34.2 Å². The second kappa shape index (κ2) is 11.9. The summed E-state index contributed by atoms with van der Waals surface area (Å²) in [6.45, 7) is 0. The van der Waals surface area contributed by atoms with E-state index in [1.54, 1.807) is 0 Å². The van der Waals surface area contributed by atoms with Crippen LogP contribution in [0.4, 0.5) is 17.1 Å². The van der Waals surface area contributed by atoms with Gasteiger partial charge in [0.05, 0.1) is 11.0 Å². The molecular formula is C47H31N3O. The maximum Gasteiger partial charge on any atom is 0.227 e. The van der Waals surface area contributed by atoms with E-state index < -0.39 is 0 Å². The zero-order chi connectivity index (χ0) is 33.7. The van der Waals surface area contributed by atoms with Crippen LogP contribution < -0.4 is 4.90 Å². The Morgan fingerprint density at radius 1 is 0.431 bits per heavy atom. The third kappa shape index (κ3) is 4.96. The predicted octanol–water partition coefficient (Wildman–Crippen LogP) is 12.9. The number of anilines is 3. The van der Waals surface area contributed by atoms with Crippen LogP contribution in [0.1, 0.15) is 0 Å². The van der Waals surface area contributed by atoms with Crippen molar-refractivity contribution in [3.05, 3.63) is 188 Å². The molecule has 10 aromatic rings. The van der Waals surface area contributed by atoms with Gasteiger partial charge in [-0.3, -0.25) is 0 Å². The van der Waals surface area contributed by atoms with Crippen molar-refractivity contribution in [1.29, 1.82) is 0 Å². The van der Waals surface area contributed by atoms with Crippen LogP contribution >= 0.6 is 0 Å². The molecule has 0 N–H and O–H groups in total. The molecule has 0 radical (unpaired) electrons. The third-order valence-corrected chi connectivity index (χ3v) is 9.82. The number of hydrogen-bond donors (Lipinski definition) is 0. The Kier molecular flexibility index (Phi) is 6.78. The largest absolute Gasteiger partial charge is 0.436 e. The second-order valence-electron chi connectivity index (χ2n) is 12.8. The van der Waals surface area contributed by atoms with E-state index in [1.807, 2.05) is 36.4 Å². The smallest absolute Gasteiger partial charge is 0.227 e. The number of aromatic nitrogens is 2. The van der Waals surface area contributed by atoms with E-state index in [4.69, 9.17) is 9.40 Å². The molecule has 10 rings (SSSR count). The second-order valence-corrected chi connectivity index (χ2v) is 12.8. The van der Waals surface area contributed by atoms with Crippen molar-refractivity contribution in [2.24, 2.45) is 0 Å². The summed E-state index contributed by atoms with van der Waals surface area (Å²) in [5.41, 5.74) is 11.6. The molecule has 51 heavy (non-hydrogen) atoms. The van der Waals surface area contributed by atoms with Gasteiger partial charge >= 0.3 is 0 Å².